The van der Waals surface area contributed by atoms with Gasteiger partial charge in [-0.05, 0) is 24.3 Å². The number of carbonyl (C=O) groups excluding carboxylic acids is 1. The molecule has 126 valence electrons. The van der Waals surface area contributed by atoms with Crippen LogP contribution in [0.1, 0.15) is 16.1 Å². The van der Waals surface area contributed by atoms with Crippen molar-refractivity contribution in [1.29, 1.82) is 0 Å². The first-order valence-electron chi connectivity index (χ1n) is 7.34. The molecule has 0 saturated heterocycles. The van der Waals surface area contributed by atoms with Gasteiger partial charge in [-0.25, -0.2) is 18.7 Å². The first-order valence-corrected chi connectivity index (χ1v) is 7.34. The predicted octanol–water partition coefficient (Wildman–Crippen LogP) is 2.82. The zero-order chi connectivity index (χ0) is 17.6. The van der Waals surface area contributed by atoms with Gasteiger partial charge < -0.3 is 10.6 Å². The van der Waals surface area contributed by atoms with E-state index in [9.17, 15) is 13.6 Å². The van der Waals surface area contributed by atoms with E-state index in [1.165, 1.54) is 18.5 Å². The van der Waals surface area contributed by atoms with Crippen molar-refractivity contribution in [2.24, 2.45) is 0 Å². The van der Waals surface area contributed by atoms with E-state index in [-0.39, 0.29) is 24.0 Å². The second-order valence-corrected chi connectivity index (χ2v) is 5.05. The van der Waals surface area contributed by atoms with Crippen LogP contribution in [0.15, 0.2) is 55.0 Å². The van der Waals surface area contributed by atoms with Crippen molar-refractivity contribution in [3.63, 3.8) is 0 Å². The lowest BCUT2D eigenvalue weighted by atomic mass is 10.3. The van der Waals surface area contributed by atoms with Crippen molar-refractivity contribution in [1.82, 2.24) is 20.3 Å². The number of benzene rings is 1. The number of amides is 1. The van der Waals surface area contributed by atoms with Crippen LogP contribution in [-0.2, 0) is 6.54 Å². The summed E-state index contributed by atoms with van der Waals surface area (Å²) in [6.45, 7) is 0.286. The molecule has 0 saturated carbocycles. The molecule has 2 heterocycles. The minimum atomic E-state index is -0.976. The number of halogens is 2. The van der Waals surface area contributed by atoms with Crippen LogP contribution in [0.2, 0.25) is 0 Å². The largest absolute Gasteiger partial charge is 0.346 e. The summed E-state index contributed by atoms with van der Waals surface area (Å²) in [7, 11) is 0. The zero-order valence-electron chi connectivity index (χ0n) is 12.9. The van der Waals surface area contributed by atoms with E-state index in [4.69, 9.17) is 0 Å². The van der Waals surface area contributed by atoms with Crippen molar-refractivity contribution in [3.8, 4) is 0 Å². The third kappa shape index (κ3) is 4.31. The molecule has 0 radical (unpaired) electrons. The number of hydrogen-bond donors (Lipinski definition) is 2. The van der Waals surface area contributed by atoms with Crippen molar-refractivity contribution in [2.45, 2.75) is 6.54 Å². The van der Waals surface area contributed by atoms with E-state index in [0.29, 0.717) is 5.69 Å². The van der Waals surface area contributed by atoms with E-state index in [2.05, 4.69) is 25.6 Å². The second kappa shape index (κ2) is 7.43. The molecule has 3 rings (SSSR count). The van der Waals surface area contributed by atoms with Gasteiger partial charge in [-0.1, -0.05) is 6.07 Å². The molecule has 0 aliphatic rings. The van der Waals surface area contributed by atoms with Gasteiger partial charge in [0.15, 0.2) is 11.6 Å². The molecule has 2 N–H and O–H groups in total. The summed E-state index contributed by atoms with van der Waals surface area (Å²) >= 11 is 0. The standard InChI is InChI=1S/C17H13F2N5O/c18-14-5-4-12(7-15(14)19)24-17-22-8-11(9-23-17)16(25)21-10-13-3-1-2-6-20-13/h1-9H,10H2,(H,21,25)(H,22,23,24). The van der Waals surface area contributed by atoms with Crippen LogP contribution in [0.3, 0.4) is 0 Å². The number of nitrogens with zero attached hydrogens (tertiary/aromatic N) is 3. The molecule has 6 nitrogen and oxygen atoms in total. The molecular weight excluding hydrogens is 328 g/mol. The molecule has 8 heteroatoms. The van der Waals surface area contributed by atoms with Crippen molar-refractivity contribution in [3.05, 3.63) is 77.9 Å². The normalized spacial score (nSPS) is 10.3. The highest BCUT2D eigenvalue weighted by Gasteiger charge is 2.08. The van der Waals surface area contributed by atoms with E-state index in [1.807, 2.05) is 6.07 Å². The smallest absolute Gasteiger partial charge is 0.254 e. The minimum absolute atomic E-state index is 0.160. The molecule has 0 atom stereocenters. The molecule has 0 fully saturated rings. The molecule has 1 amide bonds. The van der Waals surface area contributed by atoms with E-state index < -0.39 is 11.6 Å². The Kier molecular flexibility index (Phi) is 4.89. The first-order chi connectivity index (χ1) is 12.1. The molecule has 0 aliphatic carbocycles. The van der Waals surface area contributed by atoms with Gasteiger partial charge >= 0.3 is 0 Å². The van der Waals surface area contributed by atoms with Crippen LogP contribution in [0.5, 0.6) is 0 Å². The van der Waals surface area contributed by atoms with Crippen LogP contribution in [-0.4, -0.2) is 20.9 Å². The van der Waals surface area contributed by atoms with Crippen LogP contribution < -0.4 is 10.6 Å². The number of hydrogen-bond acceptors (Lipinski definition) is 5. The van der Waals surface area contributed by atoms with Crippen LogP contribution in [0.4, 0.5) is 20.4 Å². The monoisotopic (exact) mass is 341 g/mol. The van der Waals surface area contributed by atoms with E-state index >= 15 is 0 Å². The van der Waals surface area contributed by atoms with Gasteiger partial charge in [0.25, 0.3) is 5.91 Å². The fourth-order valence-electron chi connectivity index (χ4n) is 1.99. The molecule has 2 aromatic heterocycles. The summed E-state index contributed by atoms with van der Waals surface area (Å²) in [5.74, 6) is -2.10. The molecular formula is C17H13F2N5O. The van der Waals surface area contributed by atoms with Gasteiger partial charge in [-0.2, -0.15) is 0 Å². The van der Waals surface area contributed by atoms with Gasteiger partial charge in [0.2, 0.25) is 5.95 Å². The Morgan fingerprint density at radius 2 is 1.80 bits per heavy atom. The quantitative estimate of drug-likeness (QED) is 0.746. The Hall–Kier alpha value is -3.42. The molecule has 0 bridgehead atoms. The summed E-state index contributed by atoms with van der Waals surface area (Å²) in [5, 5.41) is 5.43. The average molecular weight is 341 g/mol. The Morgan fingerprint density at radius 3 is 2.48 bits per heavy atom. The number of pyridine rings is 1. The van der Waals surface area contributed by atoms with E-state index in [1.54, 1.807) is 18.3 Å². The molecule has 1 aromatic carbocycles. The first kappa shape index (κ1) is 16.4. The number of aromatic nitrogens is 3. The third-order valence-electron chi connectivity index (χ3n) is 3.25. The maximum Gasteiger partial charge on any atom is 0.254 e. The summed E-state index contributed by atoms with van der Waals surface area (Å²) in [6, 6.07) is 8.76. The van der Waals surface area contributed by atoms with Crippen LogP contribution in [0, 0.1) is 11.6 Å². The Morgan fingerprint density at radius 1 is 1.00 bits per heavy atom. The maximum absolute atomic E-state index is 13.2. The van der Waals surface area contributed by atoms with Gasteiger partial charge in [-0.15, -0.1) is 0 Å². The highest BCUT2D eigenvalue weighted by Crippen LogP contribution is 2.16. The summed E-state index contributed by atoms with van der Waals surface area (Å²) < 4.78 is 26.1. The van der Waals surface area contributed by atoms with Gasteiger partial charge in [0.05, 0.1) is 17.8 Å². The SMILES string of the molecule is O=C(NCc1ccccn1)c1cnc(Nc2ccc(F)c(F)c2)nc1. The number of nitrogens with one attached hydrogen (secondary N) is 2. The fourth-order valence-corrected chi connectivity index (χ4v) is 1.99. The topological polar surface area (TPSA) is 79.8 Å². The molecule has 3 aromatic rings. The average Bonchev–Trinajstić information content (AvgIpc) is 2.64. The molecule has 0 spiro atoms. The van der Waals surface area contributed by atoms with Crippen molar-refractivity contribution >= 4 is 17.5 Å². The predicted molar refractivity (Wildman–Crippen MR) is 87.1 cm³/mol. The number of carbonyl (C=O) groups is 1. The fraction of sp³-hybridized carbons (Fsp3) is 0.0588. The van der Waals surface area contributed by atoms with Crippen LogP contribution >= 0.6 is 0 Å². The lowest BCUT2D eigenvalue weighted by Gasteiger charge is -2.07. The number of rotatable bonds is 5. The highest BCUT2D eigenvalue weighted by atomic mass is 19.2. The van der Waals surface area contributed by atoms with E-state index in [0.717, 1.165) is 17.8 Å². The minimum Gasteiger partial charge on any atom is -0.346 e. The summed E-state index contributed by atoms with van der Waals surface area (Å²) in [5.41, 5.74) is 1.30. The van der Waals surface area contributed by atoms with Gasteiger partial charge in [0, 0.05) is 30.3 Å². The van der Waals surface area contributed by atoms with Crippen molar-refractivity contribution in [2.75, 3.05) is 5.32 Å². The third-order valence-corrected chi connectivity index (χ3v) is 3.25. The Labute approximate surface area is 142 Å². The molecule has 25 heavy (non-hydrogen) atoms. The summed E-state index contributed by atoms with van der Waals surface area (Å²) in [6.07, 6.45) is 4.31. The van der Waals surface area contributed by atoms with Gasteiger partial charge in [-0.3, -0.25) is 9.78 Å². The molecule has 0 unspecified atom stereocenters. The van der Waals surface area contributed by atoms with Gasteiger partial charge in [0.1, 0.15) is 0 Å². The Bertz CT molecular complexity index is 872. The summed E-state index contributed by atoms with van der Waals surface area (Å²) in [4.78, 5) is 24.1. The zero-order valence-corrected chi connectivity index (χ0v) is 12.9. The lowest BCUT2D eigenvalue weighted by Crippen LogP contribution is -2.23. The second-order valence-electron chi connectivity index (χ2n) is 5.05. The maximum atomic E-state index is 13.2. The number of anilines is 2. The Balaban J connectivity index is 1.61. The lowest BCUT2D eigenvalue weighted by molar-refractivity contribution is 0.0949. The van der Waals surface area contributed by atoms with Crippen LogP contribution in [0.25, 0.3) is 0 Å². The molecule has 0 aliphatic heterocycles. The van der Waals surface area contributed by atoms with Crippen molar-refractivity contribution < 1.29 is 13.6 Å². The highest BCUT2D eigenvalue weighted by molar-refractivity contribution is 5.93.